The van der Waals surface area contributed by atoms with Crippen LogP contribution in [0.15, 0.2) is 53.4 Å². The van der Waals surface area contributed by atoms with Gasteiger partial charge in [-0.15, -0.1) is 0 Å². The highest BCUT2D eigenvalue weighted by atomic mass is 32.2. The Morgan fingerprint density at radius 1 is 1.09 bits per heavy atom. The van der Waals surface area contributed by atoms with Crippen LogP contribution >= 0.6 is 0 Å². The Kier molecular flexibility index (Phi) is 5.36. The number of benzene rings is 2. The zero-order valence-electron chi connectivity index (χ0n) is 12.5. The average molecular weight is 335 g/mol. The van der Waals surface area contributed by atoms with Crippen molar-refractivity contribution in [3.05, 3.63) is 59.7 Å². The Labute approximate surface area is 134 Å². The average Bonchev–Trinajstić information content (AvgIpc) is 2.55. The predicted molar refractivity (Wildman–Crippen MR) is 85.3 cm³/mol. The van der Waals surface area contributed by atoms with Crippen molar-refractivity contribution in [2.45, 2.75) is 11.3 Å². The van der Waals surface area contributed by atoms with Crippen LogP contribution in [-0.4, -0.2) is 33.1 Å². The van der Waals surface area contributed by atoms with E-state index in [0.717, 1.165) is 5.56 Å². The third-order valence-electron chi connectivity index (χ3n) is 3.28. The largest absolute Gasteiger partial charge is 0.497 e. The van der Waals surface area contributed by atoms with E-state index in [9.17, 15) is 13.2 Å². The fraction of sp³-hybridized carbons (Fsp3) is 0.188. The maximum atomic E-state index is 12.1. The van der Waals surface area contributed by atoms with Gasteiger partial charge in [0.15, 0.2) is 0 Å². The molecular formula is C16H17NO5S. The summed E-state index contributed by atoms with van der Waals surface area (Å²) in [4.78, 5) is 10.9. The van der Waals surface area contributed by atoms with Gasteiger partial charge < -0.3 is 9.84 Å². The molecule has 2 N–H and O–H groups in total. The molecule has 23 heavy (non-hydrogen) atoms. The summed E-state index contributed by atoms with van der Waals surface area (Å²) in [6.07, 6.45) is 0.468. The minimum Gasteiger partial charge on any atom is -0.497 e. The summed E-state index contributed by atoms with van der Waals surface area (Å²) in [5.74, 6) is -0.403. The molecule has 0 saturated carbocycles. The van der Waals surface area contributed by atoms with Crippen molar-refractivity contribution in [1.82, 2.24) is 4.72 Å². The predicted octanol–water partition coefficient (Wildman–Crippen LogP) is 1.91. The highest BCUT2D eigenvalue weighted by molar-refractivity contribution is 7.89. The lowest BCUT2D eigenvalue weighted by Crippen LogP contribution is -2.26. The number of hydrogen-bond donors (Lipinski definition) is 2. The molecule has 122 valence electrons. The third kappa shape index (κ3) is 4.54. The van der Waals surface area contributed by atoms with Crippen LogP contribution in [0.4, 0.5) is 0 Å². The van der Waals surface area contributed by atoms with Crippen molar-refractivity contribution in [1.29, 1.82) is 0 Å². The van der Waals surface area contributed by atoms with Gasteiger partial charge in [0.05, 0.1) is 17.6 Å². The monoisotopic (exact) mass is 335 g/mol. The molecule has 2 aromatic rings. The highest BCUT2D eigenvalue weighted by Gasteiger charge is 2.13. The van der Waals surface area contributed by atoms with Gasteiger partial charge in [0.2, 0.25) is 10.0 Å². The molecule has 0 aliphatic carbocycles. The molecule has 0 radical (unpaired) electrons. The van der Waals surface area contributed by atoms with Gasteiger partial charge in [-0.25, -0.2) is 17.9 Å². The van der Waals surface area contributed by atoms with Crippen LogP contribution in [0.5, 0.6) is 5.75 Å². The van der Waals surface area contributed by atoms with E-state index in [0.29, 0.717) is 12.2 Å². The van der Waals surface area contributed by atoms with Crippen molar-refractivity contribution in [3.63, 3.8) is 0 Å². The number of rotatable bonds is 7. The third-order valence-corrected chi connectivity index (χ3v) is 4.75. The molecule has 0 saturated heterocycles. The molecule has 0 fully saturated rings. The van der Waals surface area contributed by atoms with Crippen LogP contribution in [-0.2, 0) is 16.4 Å². The molecule has 0 amide bonds. The molecule has 2 rings (SSSR count). The van der Waals surface area contributed by atoms with Crippen molar-refractivity contribution in [2.24, 2.45) is 0 Å². The number of carbonyl (C=O) groups is 1. The van der Waals surface area contributed by atoms with E-state index >= 15 is 0 Å². The van der Waals surface area contributed by atoms with Gasteiger partial charge >= 0.3 is 5.97 Å². The number of aromatic carboxylic acids is 1. The number of carboxylic acid groups (broad SMARTS) is 1. The molecule has 0 unspecified atom stereocenters. The van der Waals surface area contributed by atoms with Crippen LogP contribution in [0, 0.1) is 0 Å². The van der Waals surface area contributed by atoms with Crippen LogP contribution in [0.3, 0.4) is 0 Å². The molecule has 0 aliphatic rings. The summed E-state index contributed by atoms with van der Waals surface area (Å²) in [5, 5.41) is 8.82. The normalized spacial score (nSPS) is 11.2. The van der Waals surface area contributed by atoms with Gasteiger partial charge in [0.25, 0.3) is 0 Å². The fourth-order valence-corrected chi connectivity index (χ4v) is 3.01. The summed E-state index contributed by atoms with van der Waals surface area (Å²) in [6, 6.07) is 12.4. The molecule has 0 heterocycles. The summed E-state index contributed by atoms with van der Waals surface area (Å²) < 4.78 is 31.8. The Hall–Kier alpha value is -2.38. The number of ether oxygens (including phenoxy) is 1. The van der Waals surface area contributed by atoms with E-state index in [4.69, 9.17) is 9.84 Å². The summed E-state index contributed by atoms with van der Waals surface area (Å²) >= 11 is 0. The second kappa shape index (κ2) is 7.26. The standard InChI is InChI=1S/C16H17NO5S/c1-22-14-6-8-15(9-7-14)23(20,21)17-11-10-12-2-4-13(5-3-12)16(18)19/h2-9,17H,10-11H2,1H3,(H,18,19). The molecule has 0 atom stereocenters. The SMILES string of the molecule is COc1ccc(S(=O)(=O)NCCc2ccc(C(=O)O)cc2)cc1. The molecule has 0 aliphatic heterocycles. The maximum absolute atomic E-state index is 12.1. The lowest BCUT2D eigenvalue weighted by molar-refractivity contribution is 0.0697. The topological polar surface area (TPSA) is 92.7 Å². The molecular weight excluding hydrogens is 318 g/mol. The molecule has 2 aromatic carbocycles. The van der Waals surface area contributed by atoms with E-state index in [2.05, 4.69) is 4.72 Å². The zero-order chi connectivity index (χ0) is 16.9. The molecule has 0 bridgehead atoms. The van der Waals surface area contributed by atoms with Gasteiger partial charge in [0.1, 0.15) is 5.75 Å². The van der Waals surface area contributed by atoms with E-state index in [1.54, 1.807) is 24.3 Å². The lowest BCUT2D eigenvalue weighted by Gasteiger charge is -2.08. The van der Waals surface area contributed by atoms with E-state index in [1.165, 1.54) is 31.4 Å². The van der Waals surface area contributed by atoms with Crippen molar-refractivity contribution < 1.29 is 23.1 Å². The van der Waals surface area contributed by atoms with Gasteiger partial charge in [-0.3, -0.25) is 0 Å². The van der Waals surface area contributed by atoms with Crippen LogP contribution < -0.4 is 9.46 Å². The molecule has 0 spiro atoms. The van der Waals surface area contributed by atoms with Crippen LogP contribution in [0.1, 0.15) is 15.9 Å². The summed E-state index contributed by atoms with van der Waals surface area (Å²) in [7, 11) is -2.07. The van der Waals surface area contributed by atoms with Gasteiger partial charge in [-0.2, -0.15) is 0 Å². The first-order valence-corrected chi connectivity index (χ1v) is 8.36. The summed E-state index contributed by atoms with van der Waals surface area (Å²) in [6.45, 7) is 0.223. The zero-order valence-corrected chi connectivity index (χ0v) is 13.3. The number of methoxy groups -OCH3 is 1. The fourth-order valence-electron chi connectivity index (χ4n) is 1.98. The number of sulfonamides is 1. The van der Waals surface area contributed by atoms with Crippen molar-refractivity contribution >= 4 is 16.0 Å². The number of nitrogens with one attached hydrogen (secondary N) is 1. The summed E-state index contributed by atoms with van der Waals surface area (Å²) in [5.41, 5.74) is 1.06. The van der Waals surface area contributed by atoms with E-state index in [1.807, 2.05) is 0 Å². The highest BCUT2D eigenvalue weighted by Crippen LogP contribution is 2.15. The van der Waals surface area contributed by atoms with Crippen molar-refractivity contribution in [2.75, 3.05) is 13.7 Å². The lowest BCUT2D eigenvalue weighted by atomic mass is 10.1. The van der Waals surface area contributed by atoms with E-state index in [-0.39, 0.29) is 17.0 Å². The Bertz CT molecular complexity index is 767. The Morgan fingerprint density at radius 3 is 2.22 bits per heavy atom. The number of carboxylic acids is 1. The first-order valence-electron chi connectivity index (χ1n) is 6.88. The molecule has 0 aromatic heterocycles. The van der Waals surface area contributed by atoms with Gasteiger partial charge in [0, 0.05) is 6.54 Å². The van der Waals surface area contributed by atoms with E-state index < -0.39 is 16.0 Å². The molecule has 7 heteroatoms. The maximum Gasteiger partial charge on any atom is 0.335 e. The van der Waals surface area contributed by atoms with Crippen molar-refractivity contribution in [3.8, 4) is 5.75 Å². The van der Waals surface area contributed by atoms with Crippen LogP contribution in [0.25, 0.3) is 0 Å². The first-order chi connectivity index (χ1) is 10.9. The number of hydrogen-bond acceptors (Lipinski definition) is 4. The quantitative estimate of drug-likeness (QED) is 0.806. The minimum atomic E-state index is -3.58. The second-order valence-corrected chi connectivity index (χ2v) is 6.59. The minimum absolute atomic E-state index is 0.166. The smallest absolute Gasteiger partial charge is 0.335 e. The van der Waals surface area contributed by atoms with Gasteiger partial charge in [-0.05, 0) is 48.4 Å². The second-order valence-electron chi connectivity index (χ2n) is 4.83. The van der Waals surface area contributed by atoms with Gasteiger partial charge in [-0.1, -0.05) is 12.1 Å². The Balaban J connectivity index is 1.95. The first kappa shape index (κ1) is 17.0. The molecule has 6 nitrogen and oxygen atoms in total. The van der Waals surface area contributed by atoms with Crippen LogP contribution in [0.2, 0.25) is 0 Å². The Morgan fingerprint density at radius 2 is 1.70 bits per heavy atom.